The first kappa shape index (κ1) is 8.96. The minimum atomic E-state index is -0.0484. The molecule has 12 heavy (non-hydrogen) atoms. The highest BCUT2D eigenvalue weighted by Crippen LogP contribution is 2.09. The van der Waals surface area contributed by atoms with Crippen molar-refractivity contribution < 1.29 is 4.79 Å². The molecule has 0 saturated carbocycles. The second-order valence-corrected chi connectivity index (χ2v) is 3.03. The summed E-state index contributed by atoms with van der Waals surface area (Å²) in [6.45, 7) is 2.73. The van der Waals surface area contributed by atoms with E-state index in [1.807, 2.05) is 0 Å². The predicted octanol–water partition coefficient (Wildman–Crippen LogP) is 0.268. The molecule has 5 nitrogen and oxygen atoms in total. The largest absolute Gasteiger partial charge is 0.352 e. The molecule has 1 saturated heterocycles. The Morgan fingerprint density at radius 2 is 2.42 bits per heavy atom. The van der Waals surface area contributed by atoms with Crippen LogP contribution in [0, 0.1) is 4.91 Å². The van der Waals surface area contributed by atoms with Gasteiger partial charge in [0.1, 0.15) is 0 Å². The molecule has 0 aromatic heterocycles. The minimum Gasteiger partial charge on any atom is -0.352 e. The third-order valence-corrected chi connectivity index (χ3v) is 1.92. The summed E-state index contributed by atoms with van der Waals surface area (Å²) in [4.78, 5) is 20.8. The normalized spacial score (nSPS) is 23.4. The van der Waals surface area contributed by atoms with E-state index >= 15 is 0 Å². The molecule has 1 fully saturated rings. The second kappa shape index (κ2) is 4.04. The van der Waals surface area contributed by atoms with Gasteiger partial charge in [0.05, 0.1) is 11.8 Å². The summed E-state index contributed by atoms with van der Waals surface area (Å²) in [6.07, 6.45) is 1.85. The lowest BCUT2D eigenvalue weighted by Crippen LogP contribution is -2.45. The van der Waals surface area contributed by atoms with Gasteiger partial charge in [-0.1, -0.05) is 0 Å². The van der Waals surface area contributed by atoms with Crippen molar-refractivity contribution in [2.45, 2.75) is 25.8 Å². The zero-order valence-corrected chi connectivity index (χ0v) is 7.12. The van der Waals surface area contributed by atoms with E-state index in [-0.39, 0.29) is 11.9 Å². The third-order valence-electron chi connectivity index (χ3n) is 1.92. The smallest absolute Gasteiger partial charge is 0.217 e. The van der Waals surface area contributed by atoms with Crippen molar-refractivity contribution in [1.82, 2.24) is 10.3 Å². The monoisotopic (exact) mass is 171 g/mol. The van der Waals surface area contributed by atoms with Crippen molar-refractivity contribution in [3.8, 4) is 0 Å². The number of hydrogen-bond acceptors (Lipinski definition) is 3. The molecule has 1 unspecified atom stereocenters. The van der Waals surface area contributed by atoms with Crippen LogP contribution in [0.5, 0.6) is 0 Å². The molecule has 0 aliphatic carbocycles. The Hall–Kier alpha value is -1.13. The summed E-state index contributed by atoms with van der Waals surface area (Å²) in [5, 5.41) is 7.05. The maximum absolute atomic E-state index is 10.7. The number of nitrogens with one attached hydrogen (secondary N) is 1. The average molecular weight is 171 g/mol. The Kier molecular flexibility index (Phi) is 3.01. The van der Waals surface area contributed by atoms with Crippen molar-refractivity contribution in [2.24, 2.45) is 5.29 Å². The standard InChI is InChI=1S/C7H13N3O2/c1-6(11)8-7-3-2-4-10(5-7)9-12/h7H,2-5H2,1H3,(H,8,11). The fourth-order valence-electron chi connectivity index (χ4n) is 1.44. The van der Waals surface area contributed by atoms with Crippen molar-refractivity contribution >= 4 is 5.91 Å². The molecule has 0 bridgehead atoms. The van der Waals surface area contributed by atoms with E-state index in [4.69, 9.17) is 0 Å². The van der Waals surface area contributed by atoms with Gasteiger partial charge in [0.2, 0.25) is 5.91 Å². The van der Waals surface area contributed by atoms with Crippen LogP contribution in [0.3, 0.4) is 0 Å². The molecule has 1 heterocycles. The van der Waals surface area contributed by atoms with Crippen molar-refractivity contribution in [1.29, 1.82) is 0 Å². The van der Waals surface area contributed by atoms with Gasteiger partial charge in [-0.15, -0.1) is 4.91 Å². The number of nitroso groups, excluding NO2 is 1. The van der Waals surface area contributed by atoms with E-state index in [2.05, 4.69) is 10.6 Å². The van der Waals surface area contributed by atoms with Crippen molar-refractivity contribution in [3.63, 3.8) is 0 Å². The summed E-state index contributed by atoms with van der Waals surface area (Å²) >= 11 is 0. The molecule has 0 radical (unpaired) electrons. The highest BCUT2D eigenvalue weighted by atomic mass is 16.3. The molecule has 1 aliphatic rings. The van der Waals surface area contributed by atoms with Gasteiger partial charge in [-0.2, -0.15) is 0 Å². The molecule has 68 valence electrons. The van der Waals surface area contributed by atoms with Crippen LogP contribution in [0.15, 0.2) is 5.29 Å². The third kappa shape index (κ3) is 2.48. The SMILES string of the molecule is CC(=O)NC1CCCN(N=O)C1. The highest BCUT2D eigenvalue weighted by molar-refractivity contribution is 5.73. The Labute approximate surface area is 71.1 Å². The van der Waals surface area contributed by atoms with E-state index in [1.54, 1.807) is 0 Å². The molecule has 1 amide bonds. The second-order valence-electron chi connectivity index (χ2n) is 3.03. The summed E-state index contributed by atoms with van der Waals surface area (Å²) in [5.41, 5.74) is 0. The first-order valence-corrected chi connectivity index (χ1v) is 4.07. The summed E-state index contributed by atoms with van der Waals surface area (Å²) in [6, 6.07) is 0.0916. The van der Waals surface area contributed by atoms with Crippen LogP contribution in [0.25, 0.3) is 0 Å². The number of carbonyl (C=O) groups is 1. The quantitative estimate of drug-likeness (QED) is 0.606. The van der Waals surface area contributed by atoms with Crippen LogP contribution >= 0.6 is 0 Å². The molecule has 1 atom stereocenters. The zero-order chi connectivity index (χ0) is 8.97. The van der Waals surface area contributed by atoms with Crippen LogP contribution in [0.2, 0.25) is 0 Å². The number of hydrogen-bond donors (Lipinski definition) is 1. The van der Waals surface area contributed by atoms with Gasteiger partial charge < -0.3 is 5.32 Å². The average Bonchev–Trinajstić information content (AvgIpc) is 2.03. The Balaban J connectivity index is 2.35. The van der Waals surface area contributed by atoms with Crippen molar-refractivity contribution in [3.05, 3.63) is 4.91 Å². The predicted molar refractivity (Wildman–Crippen MR) is 44.2 cm³/mol. The summed E-state index contributed by atoms with van der Waals surface area (Å²) in [7, 11) is 0. The molecule has 1 N–H and O–H groups in total. The van der Waals surface area contributed by atoms with Gasteiger partial charge in [-0.3, -0.25) is 9.80 Å². The van der Waals surface area contributed by atoms with Gasteiger partial charge in [0.25, 0.3) is 0 Å². The van der Waals surface area contributed by atoms with Crippen LogP contribution in [-0.4, -0.2) is 30.0 Å². The van der Waals surface area contributed by atoms with E-state index < -0.39 is 0 Å². The van der Waals surface area contributed by atoms with E-state index in [1.165, 1.54) is 11.9 Å². The lowest BCUT2D eigenvalue weighted by Gasteiger charge is -2.28. The molecule has 0 aromatic rings. The van der Waals surface area contributed by atoms with Gasteiger partial charge in [-0.25, -0.2) is 0 Å². The fourth-order valence-corrected chi connectivity index (χ4v) is 1.44. The molecule has 0 aromatic carbocycles. The van der Waals surface area contributed by atoms with E-state index in [0.29, 0.717) is 13.1 Å². The molecule has 1 aliphatic heterocycles. The maximum Gasteiger partial charge on any atom is 0.217 e. The zero-order valence-electron chi connectivity index (χ0n) is 7.12. The molecular formula is C7H13N3O2. The van der Waals surface area contributed by atoms with Gasteiger partial charge >= 0.3 is 0 Å². The first-order valence-electron chi connectivity index (χ1n) is 4.07. The number of rotatable bonds is 2. The summed E-state index contributed by atoms with van der Waals surface area (Å²) < 4.78 is 0. The molecular weight excluding hydrogens is 158 g/mol. The van der Waals surface area contributed by atoms with E-state index in [0.717, 1.165) is 12.8 Å². The van der Waals surface area contributed by atoms with Crippen LogP contribution < -0.4 is 5.32 Å². The summed E-state index contributed by atoms with van der Waals surface area (Å²) in [5.74, 6) is -0.0484. The number of amides is 1. The number of carbonyl (C=O) groups excluding carboxylic acids is 1. The lowest BCUT2D eigenvalue weighted by atomic mass is 10.1. The van der Waals surface area contributed by atoms with Gasteiger partial charge in [-0.05, 0) is 12.8 Å². The lowest BCUT2D eigenvalue weighted by molar-refractivity contribution is -0.120. The van der Waals surface area contributed by atoms with E-state index in [9.17, 15) is 9.70 Å². The minimum absolute atomic E-state index is 0.0484. The Morgan fingerprint density at radius 1 is 1.67 bits per heavy atom. The Bertz CT molecular complexity index is 183. The first-order chi connectivity index (χ1) is 5.72. The highest BCUT2D eigenvalue weighted by Gasteiger charge is 2.19. The fraction of sp³-hybridized carbons (Fsp3) is 0.857. The molecule has 5 heteroatoms. The molecule has 1 rings (SSSR count). The maximum atomic E-state index is 10.7. The van der Waals surface area contributed by atoms with Crippen LogP contribution in [0.4, 0.5) is 0 Å². The van der Waals surface area contributed by atoms with Crippen molar-refractivity contribution in [2.75, 3.05) is 13.1 Å². The van der Waals surface area contributed by atoms with Crippen LogP contribution in [-0.2, 0) is 4.79 Å². The molecule has 0 spiro atoms. The Morgan fingerprint density at radius 3 is 3.00 bits per heavy atom. The topological polar surface area (TPSA) is 61.8 Å². The van der Waals surface area contributed by atoms with Gasteiger partial charge in [0, 0.05) is 19.5 Å². The number of nitrogens with zero attached hydrogens (tertiary/aromatic N) is 2. The number of piperidine rings is 1. The van der Waals surface area contributed by atoms with Crippen LogP contribution in [0.1, 0.15) is 19.8 Å². The van der Waals surface area contributed by atoms with Gasteiger partial charge in [0.15, 0.2) is 0 Å².